The molecule has 1 aliphatic carbocycles. The van der Waals surface area contributed by atoms with Crippen LogP contribution in [0, 0.1) is 18.8 Å². The minimum atomic E-state index is -0.375. The highest BCUT2D eigenvalue weighted by molar-refractivity contribution is 6.06. The van der Waals surface area contributed by atoms with Crippen molar-refractivity contribution in [3.05, 3.63) is 35.4 Å². The highest BCUT2D eigenvalue weighted by atomic mass is 19.1. The van der Waals surface area contributed by atoms with Gasteiger partial charge in [0.25, 0.3) is 0 Å². The average molecular weight is 333 g/mol. The van der Waals surface area contributed by atoms with Crippen molar-refractivity contribution in [3.8, 4) is 0 Å². The van der Waals surface area contributed by atoms with Crippen LogP contribution in [0.2, 0.25) is 0 Å². The number of halogens is 1. The molecule has 132 valence electrons. The maximum absolute atomic E-state index is 12.5. The third kappa shape index (κ3) is 4.22. The van der Waals surface area contributed by atoms with Crippen LogP contribution in [-0.4, -0.2) is 32.0 Å². The van der Waals surface area contributed by atoms with Crippen molar-refractivity contribution in [2.45, 2.75) is 45.4 Å². The zero-order valence-electron chi connectivity index (χ0n) is 14.9. The molecule has 0 aliphatic heterocycles. The summed E-state index contributed by atoms with van der Waals surface area (Å²) in [6.45, 7) is 4.27. The molecule has 0 radical (unpaired) electrons. The monoisotopic (exact) mass is 333 g/mol. The molecule has 1 aromatic rings. The fourth-order valence-corrected chi connectivity index (χ4v) is 3.69. The van der Waals surface area contributed by atoms with Crippen molar-refractivity contribution in [2.75, 3.05) is 20.3 Å². The second-order valence-electron chi connectivity index (χ2n) is 6.59. The number of esters is 1. The Morgan fingerprint density at radius 2 is 2.04 bits per heavy atom. The van der Waals surface area contributed by atoms with Gasteiger partial charge < -0.3 is 4.74 Å². The molecule has 0 heterocycles. The molecule has 0 saturated heterocycles. The summed E-state index contributed by atoms with van der Waals surface area (Å²) in [4.78, 5) is 17.1. The molecule has 24 heavy (non-hydrogen) atoms. The Labute approximate surface area is 144 Å². The summed E-state index contributed by atoms with van der Waals surface area (Å²) < 4.78 is 17.5. The summed E-state index contributed by atoms with van der Waals surface area (Å²) in [7, 11) is 1.43. The number of carbonyl (C=O) groups excluding carboxylic acids is 1. The predicted octanol–water partition coefficient (Wildman–Crippen LogP) is 4.49. The maximum atomic E-state index is 12.5. The summed E-state index contributed by atoms with van der Waals surface area (Å²) in [6, 6.07) is 8.36. The van der Waals surface area contributed by atoms with Gasteiger partial charge in [-0.2, -0.15) is 0 Å². The van der Waals surface area contributed by atoms with Gasteiger partial charge in [0.2, 0.25) is 0 Å². The van der Waals surface area contributed by atoms with Gasteiger partial charge in [-0.25, -0.2) is 0 Å². The third-order valence-corrected chi connectivity index (χ3v) is 4.86. The Morgan fingerprint density at radius 1 is 1.33 bits per heavy atom. The van der Waals surface area contributed by atoms with Crippen LogP contribution in [0.25, 0.3) is 0 Å². The third-order valence-electron chi connectivity index (χ3n) is 4.86. The second-order valence-corrected chi connectivity index (χ2v) is 6.59. The first-order valence-electron chi connectivity index (χ1n) is 8.86. The van der Waals surface area contributed by atoms with E-state index >= 15 is 0 Å². The minimum Gasteiger partial charge on any atom is -0.468 e. The molecule has 0 bridgehead atoms. The van der Waals surface area contributed by atoms with Gasteiger partial charge in [0.05, 0.1) is 13.8 Å². The quantitative estimate of drug-likeness (QED) is 0.545. The van der Waals surface area contributed by atoms with E-state index in [9.17, 15) is 9.18 Å². The first kappa shape index (κ1) is 18.6. The molecule has 1 aliphatic rings. The SMILES string of the molecule is CCCC1CC(c2ccc(C)cc2)C(C(=O)OC)C1=NCCCF. The minimum absolute atomic E-state index is 0.0960. The van der Waals surface area contributed by atoms with Crippen LogP contribution in [-0.2, 0) is 9.53 Å². The first-order valence-corrected chi connectivity index (χ1v) is 8.86. The molecule has 3 nitrogen and oxygen atoms in total. The normalized spacial score (nSPS) is 25.2. The molecule has 0 amide bonds. The van der Waals surface area contributed by atoms with Crippen molar-refractivity contribution in [3.63, 3.8) is 0 Å². The Bertz CT molecular complexity index is 568. The van der Waals surface area contributed by atoms with Crippen molar-refractivity contribution in [1.82, 2.24) is 0 Å². The topological polar surface area (TPSA) is 38.7 Å². The van der Waals surface area contributed by atoms with Crippen LogP contribution >= 0.6 is 0 Å². The molecule has 1 fully saturated rings. The molecule has 1 saturated carbocycles. The first-order chi connectivity index (χ1) is 11.6. The highest BCUT2D eigenvalue weighted by Gasteiger charge is 2.45. The number of carbonyl (C=O) groups is 1. The lowest BCUT2D eigenvalue weighted by Gasteiger charge is -2.18. The number of alkyl halides is 1. The Hall–Kier alpha value is -1.71. The Balaban J connectivity index is 2.36. The highest BCUT2D eigenvalue weighted by Crippen LogP contribution is 2.44. The van der Waals surface area contributed by atoms with E-state index in [4.69, 9.17) is 4.74 Å². The van der Waals surface area contributed by atoms with Gasteiger partial charge in [-0.3, -0.25) is 14.2 Å². The zero-order chi connectivity index (χ0) is 17.5. The number of benzene rings is 1. The van der Waals surface area contributed by atoms with Crippen molar-refractivity contribution in [2.24, 2.45) is 16.8 Å². The predicted molar refractivity (Wildman–Crippen MR) is 95.3 cm³/mol. The summed E-state index contributed by atoms with van der Waals surface area (Å²) in [5, 5.41) is 0. The van der Waals surface area contributed by atoms with Gasteiger partial charge in [0.15, 0.2) is 0 Å². The fraction of sp³-hybridized carbons (Fsp3) is 0.600. The summed E-state index contributed by atoms with van der Waals surface area (Å²) in [5.74, 6) is -0.184. The lowest BCUT2D eigenvalue weighted by molar-refractivity contribution is -0.143. The molecule has 3 unspecified atom stereocenters. The van der Waals surface area contributed by atoms with Crippen molar-refractivity contribution < 1.29 is 13.9 Å². The van der Waals surface area contributed by atoms with Crippen LogP contribution in [0.3, 0.4) is 0 Å². The number of aliphatic imine (C=N–C) groups is 1. The molecular formula is C20H28FNO2. The van der Waals surface area contributed by atoms with Gasteiger partial charge in [-0.05, 0) is 37.7 Å². The van der Waals surface area contributed by atoms with Gasteiger partial charge in [0.1, 0.15) is 5.92 Å². The van der Waals surface area contributed by atoms with Crippen LogP contribution in [0.4, 0.5) is 4.39 Å². The second kappa shape index (κ2) is 8.95. The number of nitrogens with zero attached hydrogens (tertiary/aromatic N) is 1. The fourth-order valence-electron chi connectivity index (χ4n) is 3.69. The molecule has 1 aromatic carbocycles. The lowest BCUT2D eigenvalue weighted by atomic mass is 9.88. The average Bonchev–Trinajstić information content (AvgIpc) is 2.94. The van der Waals surface area contributed by atoms with Crippen LogP contribution in [0.1, 0.15) is 49.7 Å². The molecule has 3 atom stereocenters. The smallest absolute Gasteiger partial charge is 0.315 e. The van der Waals surface area contributed by atoms with E-state index in [-0.39, 0.29) is 30.4 Å². The molecule has 0 aromatic heterocycles. The van der Waals surface area contributed by atoms with E-state index < -0.39 is 0 Å². The number of hydrogen-bond donors (Lipinski definition) is 0. The maximum Gasteiger partial charge on any atom is 0.315 e. The van der Waals surface area contributed by atoms with Gasteiger partial charge in [-0.15, -0.1) is 0 Å². The standard InChI is InChI=1S/C20H28FNO2/c1-4-6-16-13-17(15-9-7-14(2)8-10-15)18(20(23)24-3)19(16)22-12-5-11-21/h7-10,16-18H,4-6,11-13H2,1-3H3. The molecule has 2 rings (SSSR count). The zero-order valence-corrected chi connectivity index (χ0v) is 14.9. The molecular weight excluding hydrogens is 305 g/mol. The number of rotatable bonds is 7. The van der Waals surface area contributed by atoms with E-state index in [2.05, 4.69) is 43.1 Å². The largest absolute Gasteiger partial charge is 0.468 e. The van der Waals surface area contributed by atoms with E-state index in [1.165, 1.54) is 12.7 Å². The number of methoxy groups -OCH3 is 1. The van der Waals surface area contributed by atoms with Crippen LogP contribution < -0.4 is 0 Å². The van der Waals surface area contributed by atoms with Gasteiger partial charge in [0, 0.05) is 18.2 Å². The van der Waals surface area contributed by atoms with Crippen molar-refractivity contribution in [1.29, 1.82) is 0 Å². The Kier molecular flexibility index (Phi) is 6.95. The van der Waals surface area contributed by atoms with Gasteiger partial charge >= 0.3 is 5.97 Å². The summed E-state index contributed by atoms with van der Waals surface area (Å²) in [6.07, 6.45) is 3.36. The van der Waals surface area contributed by atoms with Crippen molar-refractivity contribution >= 4 is 11.7 Å². The number of hydrogen-bond acceptors (Lipinski definition) is 3. The Morgan fingerprint density at radius 3 is 2.62 bits per heavy atom. The summed E-state index contributed by atoms with van der Waals surface area (Å²) >= 11 is 0. The number of aryl methyl sites for hydroxylation is 1. The summed E-state index contributed by atoms with van der Waals surface area (Å²) in [5.41, 5.74) is 3.28. The van der Waals surface area contributed by atoms with E-state index in [0.29, 0.717) is 13.0 Å². The lowest BCUT2D eigenvalue weighted by Crippen LogP contribution is -2.27. The van der Waals surface area contributed by atoms with E-state index in [1.807, 2.05) is 0 Å². The number of ether oxygens (including phenoxy) is 1. The molecule has 4 heteroatoms. The van der Waals surface area contributed by atoms with E-state index in [1.54, 1.807) is 0 Å². The van der Waals surface area contributed by atoms with Crippen LogP contribution in [0.15, 0.2) is 29.3 Å². The van der Waals surface area contributed by atoms with Gasteiger partial charge in [-0.1, -0.05) is 43.2 Å². The molecule has 0 N–H and O–H groups in total. The molecule has 0 spiro atoms. The van der Waals surface area contributed by atoms with Crippen LogP contribution in [0.5, 0.6) is 0 Å². The van der Waals surface area contributed by atoms with E-state index in [0.717, 1.165) is 30.5 Å².